The van der Waals surface area contributed by atoms with Crippen molar-refractivity contribution in [2.24, 2.45) is 0 Å². The van der Waals surface area contributed by atoms with Crippen molar-refractivity contribution in [3.05, 3.63) is 27.0 Å². The van der Waals surface area contributed by atoms with Crippen molar-refractivity contribution in [1.82, 2.24) is 4.98 Å². The zero-order chi connectivity index (χ0) is 9.30. The van der Waals surface area contributed by atoms with Gasteiger partial charge >= 0.3 is 0 Å². The smallest absolute Gasteiger partial charge is 0.272 e. The third-order valence-corrected chi connectivity index (χ3v) is 2.21. The highest BCUT2D eigenvalue weighted by Gasteiger charge is 2.12. The van der Waals surface area contributed by atoms with Gasteiger partial charge in [-0.1, -0.05) is 34.8 Å². The van der Waals surface area contributed by atoms with Gasteiger partial charge in [0.2, 0.25) is 0 Å². The van der Waals surface area contributed by atoms with Crippen LogP contribution >= 0.6 is 46.4 Å². The van der Waals surface area contributed by atoms with Crippen LogP contribution < -0.4 is 0 Å². The number of carbonyl (C=O) groups excluding carboxylic acids is 1. The molecule has 6 heteroatoms. The number of halogens is 4. The molecule has 0 atom stereocenters. The highest BCUT2D eigenvalue weighted by atomic mass is 35.5. The van der Waals surface area contributed by atoms with E-state index in [2.05, 4.69) is 4.98 Å². The molecule has 0 fully saturated rings. The summed E-state index contributed by atoms with van der Waals surface area (Å²) in [6, 6.07) is 1.31. The number of hydrogen-bond acceptors (Lipinski definition) is 2. The molecule has 1 heterocycles. The molecule has 0 saturated carbocycles. The summed E-state index contributed by atoms with van der Waals surface area (Å²) in [5.41, 5.74) is -0.0901. The molecule has 0 radical (unpaired) electrons. The number of carbonyl (C=O) groups is 1. The van der Waals surface area contributed by atoms with E-state index in [0.717, 1.165) is 0 Å². The van der Waals surface area contributed by atoms with Crippen molar-refractivity contribution in [3.63, 3.8) is 0 Å². The molecule has 0 unspecified atom stereocenters. The summed E-state index contributed by atoms with van der Waals surface area (Å²) in [6.45, 7) is 0. The summed E-state index contributed by atoms with van der Waals surface area (Å²) in [5.74, 6) is 0. The maximum Gasteiger partial charge on any atom is 0.272 e. The zero-order valence-electron chi connectivity index (χ0n) is 5.44. The molecule has 0 amide bonds. The standard InChI is InChI=1S/C6HCl4NO/c7-2-1-3(8)5(9)11-4(2)6(10)12/h1H. The van der Waals surface area contributed by atoms with Gasteiger partial charge in [-0.3, -0.25) is 4.79 Å². The van der Waals surface area contributed by atoms with Crippen LogP contribution in [0.3, 0.4) is 0 Å². The zero-order valence-corrected chi connectivity index (χ0v) is 8.47. The Morgan fingerprint density at radius 1 is 1.25 bits per heavy atom. The Balaban J connectivity index is 3.33. The van der Waals surface area contributed by atoms with Gasteiger partial charge in [-0.25, -0.2) is 4.98 Å². The molecule has 64 valence electrons. The molecule has 1 aromatic rings. The molecular formula is C6HCl4NO. The fourth-order valence-corrected chi connectivity index (χ4v) is 1.36. The van der Waals surface area contributed by atoms with Gasteiger partial charge in [-0.2, -0.15) is 0 Å². The van der Waals surface area contributed by atoms with Crippen molar-refractivity contribution in [2.45, 2.75) is 0 Å². The number of rotatable bonds is 1. The van der Waals surface area contributed by atoms with Crippen LogP contribution in [0.4, 0.5) is 0 Å². The van der Waals surface area contributed by atoms with Crippen LogP contribution in [0.5, 0.6) is 0 Å². The van der Waals surface area contributed by atoms with Gasteiger partial charge in [0.25, 0.3) is 5.24 Å². The van der Waals surface area contributed by atoms with Gasteiger partial charge in [0.15, 0.2) is 0 Å². The lowest BCUT2D eigenvalue weighted by Gasteiger charge is -1.99. The largest absolute Gasteiger partial charge is 0.274 e. The number of nitrogens with zero attached hydrogens (tertiary/aromatic N) is 1. The van der Waals surface area contributed by atoms with Gasteiger partial charge in [0.1, 0.15) is 10.8 Å². The second kappa shape index (κ2) is 3.79. The topological polar surface area (TPSA) is 30.0 Å². The van der Waals surface area contributed by atoms with E-state index in [1.165, 1.54) is 6.07 Å². The van der Waals surface area contributed by atoms with E-state index in [0.29, 0.717) is 0 Å². The average molecular weight is 245 g/mol. The van der Waals surface area contributed by atoms with Crippen molar-refractivity contribution in [2.75, 3.05) is 0 Å². The van der Waals surface area contributed by atoms with E-state index in [-0.39, 0.29) is 20.9 Å². The first-order chi connectivity index (χ1) is 5.52. The first kappa shape index (κ1) is 10.1. The molecule has 0 aromatic carbocycles. The first-order valence-corrected chi connectivity index (χ1v) is 4.25. The maximum atomic E-state index is 10.6. The molecule has 0 aliphatic rings. The number of hydrogen-bond donors (Lipinski definition) is 0. The van der Waals surface area contributed by atoms with Crippen molar-refractivity contribution < 1.29 is 4.79 Å². The molecule has 0 saturated heterocycles. The second-order valence-corrected chi connectivity index (χ2v) is 3.38. The first-order valence-electron chi connectivity index (χ1n) is 2.73. The van der Waals surface area contributed by atoms with Crippen molar-refractivity contribution >= 4 is 51.6 Å². The van der Waals surface area contributed by atoms with Gasteiger partial charge in [-0.15, -0.1) is 0 Å². The third kappa shape index (κ3) is 2.02. The Labute approximate surface area is 88.4 Å². The van der Waals surface area contributed by atoms with Crippen LogP contribution in [0.1, 0.15) is 10.5 Å². The van der Waals surface area contributed by atoms with E-state index in [1.54, 1.807) is 0 Å². The van der Waals surface area contributed by atoms with E-state index >= 15 is 0 Å². The highest BCUT2D eigenvalue weighted by Crippen LogP contribution is 2.26. The minimum atomic E-state index is -0.765. The lowest BCUT2D eigenvalue weighted by molar-refractivity contribution is 0.107. The van der Waals surface area contributed by atoms with Crippen LogP contribution in [0.2, 0.25) is 15.2 Å². The lowest BCUT2D eigenvalue weighted by Crippen LogP contribution is -1.95. The van der Waals surface area contributed by atoms with Gasteiger partial charge < -0.3 is 0 Å². The summed E-state index contributed by atoms with van der Waals surface area (Å²) < 4.78 is 0. The van der Waals surface area contributed by atoms with Gasteiger partial charge in [-0.05, 0) is 17.7 Å². The van der Waals surface area contributed by atoms with Crippen LogP contribution in [-0.2, 0) is 0 Å². The monoisotopic (exact) mass is 243 g/mol. The molecule has 0 bridgehead atoms. The predicted octanol–water partition coefficient (Wildman–Crippen LogP) is 3.42. The summed E-state index contributed by atoms with van der Waals surface area (Å²) in [7, 11) is 0. The Kier molecular flexibility index (Phi) is 3.18. The van der Waals surface area contributed by atoms with Crippen LogP contribution in [0, 0.1) is 0 Å². The summed E-state index contributed by atoms with van der Waals surface area (Å²) in [4.78, 5) is 14.2. The summed E-state index contributed by atoms with van der Waals surface area (Å²) >= 11 is 21.8. The fourth-order valence-electron chi connectivity index (χ4n) is 0.582. The molecule has 12 heavy (non-hydrogen) atoms. The second-order valence-electron chi connectivity index (χ2n) is 1.87. The van der Waals surface area contributed by atoms with E-state index in [1.807, 2.05) is 0 Å². The molecule has 2 nitrogen and oxygen atoms in total. The van der Waals surface area contributed by atoms with Gasteiger partial charge in [0.05, 0.1) is 10.0 Å². The van der Waals surface area contributed by atoms with E-state index in [9.17, 15) is 4.79 Å². The summed E-state index contributed by atoms with van der Waals surface area (Å²) in [5, 5.41) is -0.489. The number of aromatic nitrogens is 1. The molecule has 0 N–H and O–H groups in total. The number of pyridine rings is 1. The minimum absolute atomic E-state index is 0.00469. The average Bonchev–Trinajstić information content (AvgIpc) is 1.96. The molecule has 0 spiro atoms. The molecular weight excluding hydrogens is 244 g/mol. The maximum absolute atomic E-state index is 10.6. The third-order valence-electron chi connectivity index (χ3n) is 1.07. The fraction of sp³-hybridized carbons (Fsp3) is 0. The van der Waals surface area contributed by atoms with Crippen molar-refractivity contribution in [1.29, 1.82) is 0 Å². The van der Waals surface area contributed by atoms with Crippen LogP contribution in [-0.4, -0.2) is 10.2 Å². The molecule has 0 aliphatic carbocycles. The van der Waals surface area contributed by atoms with Crippen molar-refractivity contribution in [3.8, 4) is 0 Å². The SMILES string of the molecule is O=C(Cl)c1nc(Cl)c(Cl)cc1Cl. The van der Waals surface area contributed by atoms with E-state index in [4.69, 9.17) is 46.4 Å². The lowest BCUT2D eigenvalue weighted by atomic mass is 10.4. The molecule has 0 aliphatic heterocycles. The Morgan fingerprint density at radius 2 is 1.83 bits per heavy atom. The Hall–Kier alpha value is -0.0200. The van der Waals surface area contributed by atoms with Crippen LogP contribution in [0.15, 0.2) is 6.07 Å². The van der Waals surface area contributed by atoms with Crippen LogP contribution in [0.25, 0.3) is 0 Å². The Morgan fingerprint density at radius 3 is 2.33 bits per heavy atom. The van der Waals surface area contributed by atoms with E-state index < -0.39 is 5.24 Å². The summed E-state index contributed by atoms with van der Waals surface area (Å²) in [6.07, 6.45) is 0. The highest BCUT2D eigenvalue weighted by molar-refractivity contribution is 6.68. The minimum Gasteiger partial charge on any atom is -0.274 e. The Bertz CT molecular complexity index is 339. The molecule has 1 rings (SSSR count). The predicted molar refractivity (Wildman–Crippen MR) is 49.5 cm³/mol. The molecule has 1 aromatic heterocycles. The van der Waals surface area contributed by atoms with Gasteiger partial charge in [0, 0.05) is 0 Å². The normalized spacial score (nSPS) is 10.0. The quantitative estimate of drug-likeness (QED) is 0.560.